The summed E-state index contributed by atoms with van der Waals surface area (Å²) < 4.78 is 12.0. The quantitative estimate of drug-likeness (QED) is 0.328. The standard InChI is InChI=1S/C22H19ClN4O4S/c1-12-10-19(31-26-12)25-20(28)13(2)32-22-24-16-11-14(23)8-9-15(16)21(29)27(22)17-6-4-5-7-18(17)30-3/h4-11,13H,1-3H3,(H,25,28). The minimum atomic E-state index is -0.607. The van der Waals surface area contributed by atoms with E-state index in [0.29, 0.717) is 38.2 Å². The van der Waals surface area contributed by atoms with E-state index >= 15 is 0 Å². The van der Waals surface area contributed by atoms with Gasteiger partial charge in [0.1, 0.15) is 5.75 Å². The molecule has 32 heavy (non-hydrogen) atoms. The van der Waals surface area contributed by atoms with Crippen molar-refractivity contribution in [2.45, 2.75) is 24.3 Å². The topological polar surface area (TPSA) is 99.2 Å². The van der Waals surface area contributed by atoms with Gasteiger partial charge in [0.25, 0.3) is 5.56 Å². The third kappa shape index (κ3) is 4.35. The molecule has 0 aliphatic rings. The Labute approximate surface area is 192 Å². The van der Waals surface area contributed by atoms with E-state index in [1.807, 2.05) is 6.07 Å². The van der Waals surface area contributed by atoms with E-state index in [2.05, 4.69) is 15.5 Å². The molecule has 0 saturated carbocycles. The Bertz CT molecular complexity index is 1370. The molecule has 1 amide bonds. The molecule has 4 aromatic rings. The second-order valence-electron chi connectivity index (χ2n) is 6.95. The lowest BCUT2D eigenvalue weighted by Gasteiger charge is -2.17. The Kier molecular flexibility index (Phi) is 6.20. The molecule has 164 valence electrons. The van der Waals surface area contributed by atoms with Crippen LogP contribution in [0.15, 0.2) is 63.0 Å². The van der Waals surface area contributed by atoms with Crippen LogP contribution < -0.4 is 15.6 Å². The van der Waals surface area contributed by atoms with Crippen molar-refractivity contribution >= 4 is 46.1 Å². The SMILES string of the molecule is COc1ccccc1-n1c(SC(C)C(=O)Nc2cc(C)no2)nc2cc(Cl)ccc2c1=O. The number of aromatic nitrogens is 3. The smallest absolute Gasteiger partial charge is 0.266 e. The van der Waals surface area contributed by atoms with Gasteiger partial charge in [-0.2, -0.15) is 0 Å². The van der Waals surface area contributed by atoms with Crippen LogP contribution in [-0.2, 0) is 4.79 Å². The Morgan fingerprint density at radius 1 is 1.25 bits per heavy atom. The lowest BCUT2D eigenvalue weighted by molar-refractivity contribution is -0.115. The molecule has 1 atom stereocenters. The monoisotopic (exact) mass is 470 g/mol. The summed E-state index contributed by atoms with van der Waals surface area (Å²) >= 11 is 7.25. The number of thioether (sulfide) groups is 1. The zero-order chi connectivity index (χ0) is 22.8. The van der Waals surface area contributed by atoms with Crippen molar-refractivity contribution in [3.05, 3.63) is 69.6 Å². The second-order valence-corrected chi connectivity index (χ2v) is 8.69. The molecule has 2 heterocycles. The zero-order valence-electron chi connectivity index (χ0n) is 17.5. The molecule has 2 aromatic carbocycles. The molecule has 0 fully saturated rings. The number of ether oxygens (including phenoxy) is 1. The van der Waals surface area contributed by atoms with Gasteiger partial charge < -0.3 is 9.26 Å². The Balaban J connectivity index is 1.79. The van der Waals surface area contributed by atoms with Gasteiger partial charge in [-0.15, -0.1) is 0 Å². The molecule has 0 radical (unpaired) electrons. The Morgan fingerprint density at radius 3 is 2.75 bits per heavy atom. The average molecular weight is 471 g/mol. The number of rotatable bonds is 6. The van der Waals surface area contributed by atoms with E-state index in [9.17, 15) is 9.59 Å². The number of carbonyl (C=O) groups is 1. The third-order valence-corrected chi connectivity index (χ3v) is 5.94. The predicted octanol–water partition coefficient (Wildman–Crippen LogP) is 4.46. The van der Waals surface area contributed by atoms with Crippen LogP contribution in [0.25, 0.3) is 16.6 Å². The first-order valence-corrected chi connectivity index (χ1v) is 10.9. The van der Waals surface area contributed by atoms with Crippen molar-refractivity contribution < 1.29 is 14.1 Å². The lowest BCUT2D eigenvalue weighted by atomic mass is 10.2. The third-order valence-electron chi connectivity index (χ3n) is 4.65. The Morgan fingerprint density at radius 2 is 2.03 bits per heavy atom. The number of hydrogen-bond donors (Lipinski definition) is 1. The summed E-state index contributed by atoms with van der Waals surface area (Å²) in [6, 6.07) is 13.6. The number of carbonyl (C=O) groups excluding carboxylic acids is 1. The van der Waals surface area contributed by atoms with Crippen LogP contribution >= 0.6 is 23.4 Å². The molecular formula is C22H19ClN4O4S. The fourth-order valence-corrected chi connectivity index (χ4v) is 4.19. The molecule has 0 saturated heterocycles. The molecule has 0 aliphatic heterocycles. The minimum absolute atomic E-state index is 0.250. The number of amides is 1. The van der Waals surface area contributed by atoms with Gasteiger partial charge in [-0.05, 0) is 44.2 Å². The van der Waals surface area contributed by atoms with Gasteiger partial charge in [-0.1, -0.05) is 40.7 Å². The highest BCUT2D eigenvalue weighted by atomic mass is 35.5. The Hall–Kier alpha value is -3.30. The summed E-state index contributed by atoms with van der Waals surface area (Å²) in [5.41, 5.74) is 1.32. The second kappa shape index (κ2) is 9.05. The first-order valence-electron chi connectivity index (χ1n) is 9.64. The first kappa shape index (κ1) is 21.9. The van der Waals surface area contributed by atoms with Crippen LogP contribution in [-0.4, -0.2) is 33.0 Å². The van der Waals surface area contributed by atoms with Gasteiger partial charge in [0.2, 0.25) is 11.8 Å². The lowest BCUT2D eigenvalue weighted by Crippen LogP contribution is -2.26. The molecule has 1 N–H and O–H groups in total. The fourth-order valence-electron chi connectivity index (χ4n) is 3.10. The zero-order valence-corrected chi connectivity index (χ0v) is 19.0. The normalized spacial score (nSPS) is 12.0. The summed E-state index contributed by atoms with van der Waals surface area (Å²) in [5.74, 6) is 0.430. The number of nitrogens with one attached hydrogen (secondary N) is 1. The predicted molar refractivity (Wildman–Crippen MR) is 124 cm³/mol. The van der Waals surface area contributed by atoms with Crippen LogP contribution in [0.3, 0.4) is 0 Å². The van der Waals surface area contributed by atoms with E-state index in [1.54, 1.807) is 56.3 Å². The van der Waals surface area contributed by atoms with E-state index in [-0.39, 0.29) is 17.4 Å². The van der Waals surface area contributed by atoms with Gasteiger partial charge in [0.05, 0.1) is 34.6 Å². The van der Waals surface area contributed by atoms with E-state index in [0.717, 1.165) is 11.8 Å². The maximum absolute atomic E-state index is 13.5. The molecule has 1 unspecified atom stereocenters. The molecule has 2 aromatic heterocycles. The fraction of sp³-hybridized carbons (Fsp3) is 0.182. The summed E-state index contributed by atoms with van der Waals surface area (Å²) in [5, 5.41) is 7.01. The number of hydrogen-bond acceptors (Lipinski definition) is 7. The van der Waals surface area contributed by atoms with Crippen molar-refractivity contribution in [3.63, 3.8) is 0 Å². The number of halogens is 1. The molecule has 0 aliphatic carbocycles. The average Bonchev–Trinajstić information content (AvgIpc) is 3.18. The van der Waals surface area contributed by atoms with Crippen molar-refractivity contribution in [2.75, 3.05) is 12.4 Å². The summed E-state index contributed by atoms with van der Waals surface area (Å²) in [4.78, 5) is 30.8. The van der Waals surface area contributed by atoms with Gasteiger partial charge in [0.15, 0.2) is 5.16 Å². The van der Waals surface area contributed by atoms with Crippen LogP contribution in [0.2, 0.25) is 5.02 Å². The van der Waals surface area contributed by atoms with Crippen LogP contribution in [0.5, 0.6) is 5.75 Å². The number of benzene rings is 2. The van der Waals surface area contributed by atoms with Gasteiger partial charge in [-0.3, -0.25) is 19.5 Å². The molecule has 4 rings (SSSR count). The van der Waals surface area contributed by atoms with Gasteiger partial charge in [-0.25, -0.2) is 4.98 Å². The summed E-state index contributed by atoms with van der Waals surface area (Å²) in [6.45, 7) is 3.47. The maximum Gasteiger partial charge on any atom is 0.266 e. The molecule has 0 spiro atoms. The van der Waals surface area contributed by atoms with Crippen LogP contribution in [0.4, 0.5) is 5.88 Å². The van der Waals surface area contributed by atoms with Crippen molar-refractivity contribution in [3.8, 4) is 11.4 Å². The highest BCUT2D eigenvalue weighted by Crippen LogP contribution is 2.30. The number of nitrogens with zero attached hydrogens (tertiary/aromatic N) is 3. The van der Waals surface area contributed by atoms with Crippen molar-refractivity contribution in [1.29, 1.82) is 0 Å². The number of aryl methyl sites for hydroxylation is 1. The van der Waals surface area contributed by atoms with Crippen LogP contribution in [0.1, 0.15) is 12.6 Å². The molecule has 8 nitrogen and oxygen atoms in total. The molecular weight excluding hydrogens is 452 g/mol. The number of fused-ring (bicyclic) bond motifs is 1. The first-order chi connectivity index (χ1) is 15.4. The number of para-hydroxylation sites is 2. The van der Waals surface area contributed by atoms with E-state index in [4.69, 9.17) is 20.9 Å². The minimum Gasteiger partial charge on any atom is -0.495 e. The highest BCUT2D eigenvalue weighted by molar-refractivity contribution is 8.00. The van der Waals surface area contributed by atoms with Crippen molar-refractivity contribution in [1.82, 2.24) is 14.7 Å². The van der Waals surface area contributed by atoms with Gasteiger partial charge >= 0.3 is 0 Å². The molecule has 10 heteroatoms. The highest BCUT2D eigenvalue weighted by Gasteiger charge is 2.22. The maximum atomic E-state index is 13.5. The van der Waals surface area contributed by atoms with E-state index < -0.39 is 5.25 Å². The summed E-state index contributed by atoms with van der Waals surface area (Å²) in [7, 11) is 1.53. The van der Waals surface area contributed by atoms with E-state index in [1.165, 1.54) is 11.7 Å². The van der Waals surface area contributed by atoms with Crippen LogP contribution in [0, 0.1) is 6.92 Å². The number of methoxy groups -OCH3 is 1. The van der Waals surface area contributed by atoms with Crippen molar-refractivity contribution in [2.24, 2.45) is 0 Å². The number of anilines is 1. The largest absolute Gasteiger partial charge is 0.495 e. The molecule has 0 bridgehead atoms. The van der Waals surface area contributed by atoms with Gasteiger partial charge in [0, 0.05) is 11.1 Å². The summed E-state index contributed by atoms with van der Waals surface area (Å²) in [6.07, 6.45) is 0.